The first kappa shape index (κ1) is 14.5. The van der Waals surface area contributed by atoms with Crippen molar-refractivity contribution in [2.75, 3.05) is 6.54 Å². The molecule has 0 radical (unpaired) electrons. The number of aliphatic hydroxyl groups is 1. The van der Waals surface area contributed by atoms with E-state index < -0.39 is 0 Å². The Kier molecular flexibility index (Phi) is 5.00. The Bertz CT molecular complexity index is 381. The fourth-order valence-electron chi connectivity index (χ4n) is 2.75. The number of aliphatic hydroxyl groups excluding tert-OH is 1. The Hall–Kier alpha value is -0.860. The van der Waals surface area contributed by atoms with Crippen LogP contribution in [0.1, 0.15) is 50.3 Å². The molecule has 1 aliphatic rings. The molecule has 1 aliphatic carbocycles. The molecule has 2 rings (SSSR count). The summed E-state index contributed by atoms with van der Waals surface area (Å²) in [6, 6.07) is 9.41. The third kappa shape index (κ3) is 4.63. The zero-order valence-electron chi connectivity index (χ0n) is 12.4. The average Bonchev–Trinajstić information content (AvgIpc) is 3.15. The van der Waals surface area contributed by atoms with Gasteiger partial charge in [0.15, 0.2) is 0 Å². The lowest BCUT2D eigenvalue weighted by Gasteiger charge is -2.22. The number of hydrogen-bond donors (Lipinski definition) is 2. The van der Waals surface area contributed by atoms with E-state index in [1.807, 2.05) is 6.92 Å². The van der Waals surface area contributed by atoms with Crippen LogP contribution in [0.4, 0.5) is 0 Å². The first-order valence-electron chi connectivity index (χ1n) is 7.54. The highest BCUT2D eigenvalue weighted by atomic mass is 16.3. The van der Waals surface area contributed by atoms with Gasteiger partial charge in [-0.1, -0.05) is 36.8 Å². The van der Waals surface area contributed by atoms with Crippen LogP contribution in [-0.2, 0) is 0 Å². The smallest absolute Gasteiger partial charge is 0.0515 e. The Morgan fingerprint density at radius 2 is 1.84 bits per heavy atom. The van der Waals surface area contributed by atoms with E-state index in [0.29, 0.717) is 12.0 Å². The Labute approximate surface area is 117 Å². The van der Waals surface area contributed by atoms with Gasteiger partial charge in [0.1, 0.15) is 0 Å². The molecule has 1 aromatic carbocycles. The van der Waals surface area contributed by atoms with E-state index in [1.165, 1.54) is 24.0 Å². The van der Waals surface area contributed by atoms with Crippen molar-refractivity contribution in [2.24, 2.45) is 11.8 Å². The first-order chi connectivity index (χ1) is 9.06. The summed E-state index contributed by atoms with van der Waals surface area (Å²) in [5.74, 6) is 1.33. The number of nitrogens with one attached hydrogen (secondary N) is 1. The second-order valence-corrected chi connectivity index (χ2v) is 6.32. The molecule has 0 spiro atoms. The standard InChI is InChI=1S/C17H27NO/c1-12-4-6-15(7-5-12)17(16-8-9-16)18-11-13(2)10-14(3)19/h4-7,13-14,16-19H,8-11H2,1-3H3. The summed E-state index contributed by atoms with van der Waals surface area (Å²) in [5.41, 5.74) is 2.73. The largest absolute Gasteiger partial charge is 0.393 e. The molecule has 0 amide bonds. The minimum atomic E-state index is -0.199. The van der Waals surface area contributed by atoms with Gasteiger partial charge in [-0.15, -0.1) is 0 Å². The molecule has 19 heavy (non-hydrogen) atoms. The predicted octanol–water partition coefficient (Wildman–Crippen LogP) is 3.44. The molecule has 2 heteroatoms. The van der Waals surface area contributed by atoms with Crippen molar-refractivity contribution < 1.29 is 5.11 Å². The van der Waals surface area contributed by atoms with E-state index in [9.17, 15) is 5.11 Å². The number of aryl methyl sites for hydroxylation is 1. The van der Waals surface area contributed by atoms with Gasteiger partial charge in [0.05, 0.1) is 6.10 Å². The quantitative estimate of drug-likeness (QED) is 0.788. The molecule has 106 valence electrons. The third-order valence-corrected chi connectivity index (χ3v) is 3.96. The van der Waals surface area contributed by atoms with E-state index in [1.54, 1.807) is 0 Å². The summed E-state index contributed by atoms with van der Waals surface area (Å²) in [6.07, 6.45) is 3.36. The molecular weight excluding hydrogens is 234 g/mol. The maximum absolute atomic E-state index is 9.43. The van der Waals surface area contributed by atoms with Gasteiger partial charge in [-0.3, -0.25) is 0 Å². The molecular formula is C17H27NO. The monoisotopic (exact) mass is 261 g/mol. The van der Waals surface area contributed by atoms with Crippen LogP contribution in [0.5, 0.6) is 0 Å². The molecule has 1 saturated carbocycles. The van der Waals surface area contributed by atoms with Gasteiger partial charge >= 0.3 is 0 Å². The topological polar surface area (TPSA) is 32.3 Å². The first-order valence-corrected chi connectivity index (χ1v) is 7.54. The molecule has 0 bridgehead atoms. The van der Waals surface area contributed by atoms with Gasteiger partial charge in [0.25, 0.3) is 0 Å². The van der Waals surface area contributed by atoms with Crippen molar-refractivity contribution in [1.82, 2.24) is 5.32 Å². The van der Waals surface area contributed by atoms with E-state index in [0.717, 1.165) is 18.9 Å². The minimum Gasteiger partial charge on any atom is -0.393 e. The van der Waals surface area contributed by atoms with Crippen molar-refractivity contribution in [3.05, 3.63) is 35.4 Å². The number of rotatable bonds is 7. The highest BCUT2D eigenvalue weighted by Gasteiger charge is 2.32. The molecule has 3 atom stereocenters. The van der Waals surface area contributed by atoms with E-state index >= 15 is 0 Å². The summed E-state index contributed by atoms with van der Waals surface area (Å²) < 4.78 is 0. The summed E-state index contributed by atoms with van der Waals surface area (Å²) in [7, 11) is 0. The van der Waals surface area contributed by atoms with Crippen LogP contribution in [0.3, 0.4) is 0 Å². The zero-order chi connectivity index (χ0) is 13.8. The highest BCUT2D eigenvalue weighted by Crippen LogP contribution is 2.41. The lowest BCUT2D eigenvalue weighted by atomic mass is 9.99. The second kappa shape index (κ2) is 6.53. The Balaban J connectivity index is 1.91. The maximum Gasteiger partial charge on any atom is 0.0515 e. The second-order valence-electron chi connectivity index (χ2n) is 6.32. The number of benzene rings is 1. The van der Waals surface area contributed by atoms with Crippen molar-refractivity contribution in [3.63, 3.8) is 0 Å². The van der Waals surface area contributed by atoms with Gasteiger partial charge in [-0.25, -0.2) is 0 Å². The lowest BCUT2D eigenvalue weighted by molar-refractivity contribution is 0.162. The summed E-state index contributed by atoms with van der Waals surface area (Å²) >= 11 is 0. The number of hydrogen-bond acceptors (Lipinski definition) is 2. The van der Waals surface area contributed by atoms with Gasteiger partial charge in [-0.2, -0.15) is 0 Å². The average molecular weight is 261 g/mol. The van der Waals surface area contributed by atoms with Crippen molar-refractivity contribution in [2.45, 2.75) is 52.2 Å². The molecule has 1 aromatic rings. The molecule has 0 saturated heterocycles. The van der Waals surface area contributed by atoms with Crippen molar-refractivity contribution in [1.29, 1.82) is 0 Å². The third-order valence-electron chi connectivity index (χ3n) is 3.96. The molecule has 2 N–H and O–H groups in total. The molecule has 0 heterocycles. The van der Waals surface area contributed by atoms with Crippen LogP contribution in [0.25, 0.3) is 0 Å². The van der Waals surface area contributed by atoms with Crippen LogP contribution >= 0.6 is 0 Å². The van der Waals surface area contributed by atoms with Gasteiger partial charge in [-0.05, 0) is 57.1 Å². The summed E-state index contributed by atoms with van der Waals surface area (Å²) in [4.78, 5) is 0. The molecule has 1 fully saturated rings. The SMILES string of the molecule is Cc1ccc(C(NCC(C)CC(C)O)C2CC2)cc1. The van der Waals surface area contributed by atoms with E-state index in [-0.39, 0.29) is 6.10 Å². The highest BCUT2D eigenvalue weighted by molar-refractivity contribution is 5.25. The van der Waals surface area contributed by atoms with Crippen molar-refractivity contribution in [3.8, 4) is 0 Å². The van der Waals surface area contributed by atoms with Gasteiger partial charge in [0.2, 0.25) is 0 Å². The van der Waals surface area contributed by atoms with Crippen LogP contribution in [-0.4, -0.2) is 17.8 Å². The van der Waals surface area contributed by atoms with Crippen molar-refractivity contribution >= 4 is 0 Å². The predicted molar refractivity (Wildman–Crippen MR) is 80.1 cm³/mol. The van der Waals surface area contributed by atoms with Gasteiger partial charge in [0, 0.05) is 6.04 Å². The fraction of sp³-hybridized carbons (Fsp3) is 0.647. The minimum absolute atomic E-state index is 0.199. The van der Waals surface area contributed by atoms with Crippen LogP contribution < -0.4 is 5.32 Å². The summed E-state index contributed by atoms with van der Waals surface area (Å²) in [5, 5.41) is 13.1. The molecule has 2 nitrogen and oxygen atoms in total. The normalized spacial score (nSPS) is 20.0. The van der Waals surface area contributed by atoms with E-state index in [2.05, 4.69) is 43.4 Å². The molecule has 0 aliphatic heterocycles. The molecule has 0 aromatic heterocycles. The molecule has 3 unspecified atom stereocenters. The fourth-order valence-corrected chi connectivity index (χ4v) is 2.75. The lowest BCUT2D eigenvalue weighted by Crippen LogP contribution is -2.29. The van der Waals surface area contributed by atoms with Crippen LogP contribution in [0.15, 0.2) is 24.3 Å². The van der Waals surface area contributed by atoms with Crippen LogP contribution in [0.2, 0.25) is 0 Å². The summed E-state index contributed by atoms with van der Waals surface area (Å²) in [6.45, 7) is 7.20. The van der Waals surface area contributed by atoms with Crippen LogP contribution in [0, 0.1) is 18.8 Å². The van der Waals surface area contributed by atoms with Gasteiger partial charge < -0.3 is 10.4 Å². The zero-order valence-corrected chi connectivity index (χ0v) is 12.4. The Morgan fingerprint density at radius 1 is 1.21 bits per heavy atom. The maximum atomic E-state index is 9.43. The Morgan fingerprint density at radius 3 is 2.37 bits per heavy atom. The van der Waals surface area contributed by atoms with E-state index in [4.69, 9.17) is 0 Å².